The van der Waals surface area contributed by atoms with Crippen molar-refractivity contribution >= 4 is 11.6 Å². The number of amides is 1. The summed E-state index contributed by atoms with van der Waals surface area (Å²) >= 11 is 0. The first-order chi connectivity index (χ1) is 10.6. The van der Waals surface area contributed by atoms with Gasteiger partial charge in [0.25, 0.3) is 5.56 Å². The molecule has 0 bridgehead atoms. The molecule has 0 aliphatic carbocycles. The van der Waals surface area contributed by atoms with Crippen molar-refractivity contribution in [3.8, 4) is 0 Å². The van der Waals surface area contributed by atoms with Crippen LogP contribution >= 0.6 is 0 Å². The lowest BCUT2D eigenvalue weighted by atomic mass is 10.2. The molecule has 5 heteroatoms. The molecule has 0 saturated heterocycles. The molecule has 1 amide bonds. The first-order valence-corrected chi connectivity index (χ1v) is 7.28. The zero-order valence-corrected chi connectivity index (χ0v) is 12.9. The zero-order chi connectivity index (χ0) is 15.9. The van der Waals surface area contributed by atoms with Gasteiger partial charge in [-0.15, -0.1) is 0 Å². The third-order valence-electron chi connectivity index (χ3n) is 3.63. The van der Waals surface area contributed by atoms with Gasteiger partial charge < -0.3 is 14.8 Å². The van der Waals surface area contributed by atoms with E-state index in [9.17, 15) is 9.59 Å². The maximum atomic E-state index is 11.9. The highest BCUT2D eigenvalue weighted by Crippen LogP contribution is 2.13. The molecule has 0 aliphatic rings. The quantitative estimate of drug-likeness (QED) is 0.879. The van der Waals surface area contributed by atoms with Crippen molar-refractivity contribution in [1.29, 1.82) is 0 Å². The maximum Gasteiger partial charge on any atom is 0.250 e. The molecule has 1 aromatic heterocycles. The number of hydrogen-bond donors (Lipinski definition) is 1. The summed E-state index contributed by atoms with van der Waals surface area (Å²) in [4.78, 5) is 25.6. The van der Waals surface area contributed by atoms with E-state index in [1.807, 2.05) is 44.3 Å². The molecule has 5 nitrogen and oxygen atoms in total. The number of nitrogens with one attached hydrogen (secondary N) is 1. The standard InChI is InChI=1S/C17H21N3O2/c1-14(19(2)15-8-4-3-5-9-15)12-18-16(21)13-20-11-7-6-10-17(20)22/h3-11,14H,12-13H2,1-2H3,(H,18,21)/t14-/m1/s1. The molecular formula is C17H21N3O2. The molecule has 1 N–H and O–H groups in total. The highest BCUT2D eigenvalue weighted by molar-refractivity contribution is 5.75. The van der Waals surface area contributed by atoms with Gasteiger partial charge in [0.05, 0.1) is 0 Å². The molecule has 0 aliphatic heterocycles. The van der Waals surface area contributed by atoms with Crippen LogP contribution in [0.2, 0.25) is 0 Å². The molecule has 0 saturated carbocycles. The monoisotopic (exact) mass is 299 g/mol. The Morgan fingerprint density at radius 2 is 1.86 bits per heavy atom. The summed E-state index contributed by atoms with van der Waals surface area (Å²) in [6.45, 7) is 2.61. The Labute approximate surface area is 130 Å². The van der Waals surface area contributed by atoms with Gasteiger partial charge in [0, 0.05) is 37.6 Å². The van der Waals surface area contributed by atoms with E-state index in [1.54, 1.807) is 18.3 Å². The van der Waals surface area contributed by atoms with Crippen LogP contribution in [0.4, 0.5) is 5.69 Å². The van der Waals surface area contributed by atoms with Gasteiger partial charge in [0.2, 0.25) is 5.91 Å². The van der Waals surface area contributed by atoms with Crippen molar-refractivity contribution in [2.24, 2.45) is 0 Å². The average Bonchev–Trinajstić information content (AvgIpc) is 2.55. The van der Waals surface area contributed by atoms with Crippen LogP contribution in [-0.2, 0) is 11.3 Å². The molecule has 1 heterocycles. The van der Waals surface area contributed by atoms with Gasteiger partial charge in [-0.1, -0.05) is 24.3 Å². The normalized spacial score (nSPS) is 11.7. The summed E-state index contributed by atoms with van der Waals surface area (Å²) in [6.07, 6.45) is 1.61. The fourth-order valence-electron chi connectivity index (χ4n) is 2.12. The first-order valence-electron chi connectivity index (χ1n) is 7.28. The van der Waals surface area contributed by atoms with Gasteiger partial charge in [0.1, 0.15) is 6.54 Å². The number of carbonyl (C=O) groups excluding carboxylic acids is 1. The second-order valence-corrected chi connectivity index (χ2v) is 5.27. The Bertz CT molecular complexity index is 667. The number of hydrogen-bond acceptors (Lipinski definition) is 3. The van der Waals surface area contributed by atoms with Crippen molar-refractivity contribution in [3.63, 3.8) is 0 Å². The van der Waals surface area contributed by atoms with Crippen LogP contribution in [0.3, 0.4) is 0 Å². The third-order valence-corrected chi connectivity index (χ3v) is 3.63. The van der Waals surface area contributed by atoms with Gasteiger partial charge in [0.15, 0.2) is 0 Å². The molecule has 0 fully saturated rings. The van der Waals surface area contributed by atoms with E-state index in [1.165, 1.54) is 10.6 Å². The number of rotatable bonds is 6. The number of likely N-dealkylation sites (N-methyl/N-ethyl adjacent to an activating group) is 1. The largest absolute Gasteiger partial charge is 0.370 e. The lowest BCUT2D eigenvalue weighted by Gasteiger charge is -2.27. The average molecular weight is 299 g/mol. The first kappa shape index (κ1) is 15.8. The minimum absolute atomic E-state index is 0.0431. The minimum atomic E-state index is -0.174. The van der Waals surface area contributed by atoms with Crippen LogP contribution in [0.25, 0.3) is 0 Å². The van der Waals surface area contributed by atoms with Gasteiger partial charge in [-0.25, -0.2) is 0 Å². The van der Waals surface area contributed by atoms with Crippen molar-refractivity contribution in [1.82, 2.24) is 9.88 Å². The predicted molar refractivity (Wildman–Crippen MR) is 88.0 cm³/mol. The molecule has 1 atom stereocenters. The Hall–Kier alpha value is -2.56. The molecule has 116 valence electrons. The lowest BCUT2D eigenvalue weighted by Crippen LogP contribution is -2.42. The van der Waals surface area contributed by atoms with Crippen LogP contribution in [-0.4, -0.2) is 30.1 Å². The summed E-state index contributed by atoms with van der Waals surface area (Å²) in [5, 5.41) is 2.87. The number of nitrogens with zero attached hydrogens (tertiary/aromatic N) is 2. The number of anilines is 1. The van der Waals surface area contributed by atoms with Crippen LogP contribution in [0.15, 0.2) is 59.5 Å². The number of para-hydroxylation sites is 1. The molecule has 0 radical (unpaired) electrons. The fraction of sp³-hybridized carbons (Fsp3) is 0.294. The fourth-order valence-corrected chi connectivity index (χ4v) is 2.12. The van der Waals surface area contributed by atoms with Crippen molar-refractivity contribution in [2.75, 3.05) is 18.5 Å². The van der Waals surface area contributed by atoms with E-state index >= 15 is 0 Å². The van der Waals surface area contributed by atoms with E-state index in [-0.39, 0.29) is 24.1 Å². The number of carbonyl (C=O) groups is 1. The highest BCUT2D eigenvalue weighted by Gasteiger charge is 2.11. The Morgan fingerprint density at radius 1 is 1.18 bits per heavy atom. The van der Waals surface area contributed by atoms with E-state index in [0.29, 0.717) is 6.54 Å². The molecule has 0 spiro atoms. The van der Waals surface area contributed by atoms with E-state index in [2.05, 4.69) is 10.2 Å². The third kappa shape index (κ3) is 4.22. The predicted octanol–water partition coefficient (Wildman–Crippen LogP) is 1.49. The van der Waals surface area contributed by atoms with Crippen molar-refractivity contribution in [3.05, 3.63) is 65.1 Å². The van der Waals surface area contributed by atoms with Gasteiger partial charge >= 0.3 is 0 Å². The van der Waals surface area contributed by atoms with E-state index < -0.39 is 0 Å². The van der Waals surface area contributed by atoms with Crippen LogP contribution in [0.5, 0.6) is 0 Å². The Balaban J connectivity index is 1.86. The summed E-state index contributed by atoms with van der Waals surface area (Å²) in [5.74, 6) is -0.165. The van der Waals surface area contributed by atoms with E-state index in [4.69, 9.17) is 0 Å². The Morgan fingerprint density at radius 3 is 2.55 bits per heavy atom. The van der Waals surface area contributed by atoms with Gasteiger partial charge in [-0.2, -0.15) is 0 Å². The number of benzene rings is 1. The lowest BCUT2D eigenvalue weighted by molar-refractivity contribution is -0.121. The summed E-state index contributed by atoms with van der Waals surface area (Å²) in [7, 11) is 1.99. The zero-order valence-electron chi connectivity index (χ0n) is 12.9. The molecule has 2 aromatic rings. The summed E-state index contributed by atoms with van der Waals surface area (Å²) in [5.41, 5.74) is 0.927. The molecule has 0 unspecified atom stereocenters. The van der Waals surface area contributed by atoms with E-state index in [0.717, 1.165) is 5.69 Å². The van der Waals surface area contributed by atoms with Crippen LogP contribution < -0.4 is 15.8 Å². The number of aromatic nitrogens is 1. The van der Waals surface area contributed by atoms with Gasteiger partial charge in [-0.3, -0.25) is 9.59 Å². The summed E-state index contributed by atoms with van der Waals surface area (Å²) in [6, 6.07) is 15.0. The number of pyridine rings is 1. The second kappa shape index (κ2) is 7.45. The topological polar surface area (TPSA) is 54.3 Å². The SMILES string of the molecule is C[C@H](CNC(=O)Cn1ccccc1=O)N(C)c1ccccc1. The highest BCUT2D eigenvalue weighted by atomic mass is 16.2. The van der Waals surface area contributed by atoms with Gasteiger partial charge in [-0.05, 0) is 25.1 Å². The van der Waals surface area contributed by atoms with Crippen LogP contribution in [0.1, 0.15) is 6.92 Å². The molecule has 1 aromatic carbocycles. The maximum absolute atomic E-state index is 11.9. The Kier molecular flexibility index (Phi) is 5.36. The molecular weight excluding hydrogens is 278 g/mol. The minimum Gasteiger partial charge on any atom is -0.370 e. The molecule has 22 heavy (non-hydrogen) atoms. The smallest absolute Gasteiger partial charge is 0.250 e. The van der Waals surface area contributed by atoms with Crippen LogP contribution in [0, 0.1) is 0 Å². The van der Waals surface area contributed by atoms with Crippen molar-refractivity contribution < 1.29 is 4.79 Å². The van der Waals surface area contributed by atoms with Crippen molar-refractivity contribution in [2.45, 2.75) is 19.5 Å². The molecule has 2 rings (SSSR count). The second-order valence-electron chi connectivity index (χ2n) is 5.27. The summed E-state index contributed by atoms with van der Waals surface area (Å²) < 4.78 is 1.39.